The van der Waals surface area contributed by atoms with E-state index in [1.165, 1.54) is 11.6 Å². The number of hydrogen-bond acceptors (Lipinski definition) is 4. The number of rotatable bonds is 5. The number of nitriles is 1. The maximum Gasteiger partial charge on any atom is 0.573 e. The lowest BCUT2D eigenvalue weighted by molar-refractivity contribution is -0.274. The molecular weight excluding hydrogens is 409 g/mol. The highest BCUT2D eigenvalue weighted by atomic mass is 35.5. The number of carbonyl (C=O) groups is 1. The second-order valence-corrected chi connectivity index (χ2v) is 7.03. The van der Waals surface area contributed by atoms with Gasteiger partial charge in [-0.25, -0.2) is 0 Å². The predicted octanol–water partition coefficient (Wildman–Crippen LogP) is 4.17. The number of primary amides is 1. The number of nitrogens with two attached hydrogens (primary N) is 1. The molecule has 29 heavy (non-hydrogen) atoms. The smallest absolute Gasteiger partial charge is 0.406 e. The van der Waals surface area contributed by atoms with E-state index in [4.69, 9.17) is 17.3 Å². The number of alkyl halides is 3. The van der Waals surface area contributed by atoms with Crippen LogP contribution >= 0.6 is 11.6 Å². The number of hydrogen-bond donors (Lipinski definition) is 1. The highest BCUT2D eigenvalue weighted by Gasteiger charge is 2.35. The number of nitrogens with zero attached hydrogens (tertiary/aromatic N) is 3. The lowest BCUT2D eigenvalue weighted by atomic mass is 9.80. The molecule has 0 spiro atoms. The van der Waals surface area contributed by atoms with Gasteiger partial charge in [0.2, 0.25) is 5.91 Å². The Bertz CT molecular complexity index is 1140. The number of benzene rings is 2. The molecule has 1 heterocycles. The van der Waals surface area contributed by atoms with Gasteiger partial charge in [-0.1, -0.05) is 11.6 Å². The first-order valence-corrected chi connectivity index (χ1v) is 8.62. The number of ether oxygens (including phenoxy) is 1. The number of carbonyl (C=O) groups excluding carboxylic acids is 1. The van der Waals surface area contributed by atoms with E-state index in [1.54, 1.807) is 24.4 Å². The van der Waals surface area contributed by atoms with E-state index >= 15 is 0 Å². The summed E-state index contributed by atoms with van der Waals surface area (Å²) in [5.74, 6) is -1.44. The predicted molar refractivity (Wildman–Crippen MR) is 99.4 cm³/mol. The van der Waals surface area contributed by atoms with Crippen molar-refractivity contribution in [2.45, 2.75) is 25.2 Å². The third-order valence-electron chi connectivity index (χ3n) is 4.33. The van der Waals surface area contributed by atoms with Crippen molar-refractivity contribution in [1.29, 1.82) is 5.26 Å². The summed E-state index contributed by atoms with van der Waals surface area (Å²) < 4.78 is 43.2. The van der Waals surface area contributed by atoms with Crippen LogP contribution in [-0.2, 0) is 12.0 Å². The second-order valence-electron chi connectivity index (χ2n) is 6.59. The molecule has 3 rings (SSSR count). The summed E-state index contributed by atoms with van der Waals surface area (Å²) in [4.78, 5) is 11.8. The van der Waals surface area contributed by atoms with Gasteiger partial charge in [0.25, 0.3) is 0 Å². The van der Waals surface area contributed by atoms with Crippen molar-refractivity contribution in [2.75, 3.05) is 0 Å². The van der Waals surface area contributed by atoms with Gasteiger partial charge in [-0.3, -0.25) is 9.48 Å². The van der Waals surface area contributed by atoms with Crippen LogP contribution in [0.2, 0.25) is 5.02 Å². The van der Waals surface area contributed by atoms with Crippen molar-refractivity contribution in [3.8, 4) is 11.8 Å². The zero-order valence-corrected chi connectivity index (χ0v) is 15.8. The van der Waals surface area contributed by atoms with E-state index in [1.807, 2.05) is 0 Å². The molecule has 1 atom stereocenters. The van der Waals surface area contributed by atoms with Crippen molar-refractivity contribution in [1.82, 2.24) is 9.78 Å². The van der Waals surface area contributed by atoms with Crippen molar-refractivity contribution in [3.63, 3.8) is 0 Å². The Hall–Kier alpha value is -3.25. The minimum Gasteiger partial charge on any atom is -0.406 e. The van der Waals surface area contributed by atoms with Crippen molar-refractivity contribution in [3.05, 3.63) is 58.7 Å². The number of amides is 1. The average Bonchev–Trinajstić information content (AvgIpc) is 3.01. The first kappa shape index (κ1) is 20.5. The van der Waals surface area contributed by atoms with E-state index in [0.29, 0.717) is 10.5 Å². The molecule has 0 bridgehead atoms. The fourth-order valence-corrected chi connectivity index (χ4v) is 3.18. The number of fused-ring (bicyclic) bond motifs is 1. The summed E-state index contributed by atoms with van der Waals surface area (Å²) in [7, 11) is 0. The highest BCUT2D eigenvalue weighted by Crippen LogP contribution is 2.33. The zero-order chi connectivity index (χ0) is 21.4. The normalized spacial score (nSPS) is 13.7. The van der Waals surface area contributed by atoms with E-state index < -0.39 is 23.4 Å². The Labute approximate surface area is 168 Å². The minimum atomic E-state index is -4.92. The maximum absolute atomic E-state index is 12.6. The van der Waals surface area contributed by atoms with Crippen LogP contribution in [0.25, 0.3) is 10.9 Å². The summed E-state index contributed by atoms with van der Waals surface area (Å²) in [5.41, 5.74) is 4.45. The molecule has 0 radical (unpaired) electrons. The van der Waals surface area contributed by atoms with E-state index in [9.17, 15) is 23.2 Å². The first-order valence-electron chi connectivity index (χ1n) is 8.25. The van der Waals surface area contributed by atoms with Crippen LogP contribution in [-0.4, -0.2) is 22.1 Å². The molecule has 1 aromatic heterocycles. The third kappa shape index (κ3) is 4.43. The van der Waals surface area contributed by atoms with Gasteiger partial charge in [0.1, 0.15) is 5.75 Å². The van der Waals surface area contributed by atoms with Gasteiger partial charge in [0, 0.05) is 22.2 Å². The molecule has 0 saturated carbocycles. The minimum absolute atomic E-state index is 0.00633. The molecule has 2 aromatic carbocycles. The van der Waals surface area contributed by atoms with E-state index in [0.717, 1.165) is 23.6 Å². The fourth-order valence-electron chi connectivity index (χ4n) is 3.02. The molecule has 1 unspecified atom stereocenters. The van der Waals surface area contributed by atoms with Gasteiger partial charge in [0.05, 0.1) is 23.5 Å². The highest BCUT2D eigenvalue weighted by molar-refractivity contribution is 6.31. The summed E-state index contributed by atoms with van der Waals surface area (Å²) in [5, 5.41) is 15.4. The topological polar surface area (TPSA) is 93.9 Å². The third-order valence-corrected chi connectivity index (χ3v) is 4.56. The number of aromatic nitrogens is 2. The summed E-state index contributed by atoms with van der Waals surface area (Å²) in [6.45, 7) is 1.43. The van der Waals surface area contributed by atoms with Crippen LogP contribution in [0.3, 0.4) is 0 Å². The molecule has 0 aliphatic carbocycles. The SMILES string of the molecule is CC(C#N)(Cn1cc2ccc(Cl)cc2n1)c1cc(OC(F)(F)F)ccc1C(N)=O. The lowest BCUT2D eigenvalue weighted by Crippen LogP contribution is -2.30. The molecule has 0 aliphatic rings. The summed E-state index contributed by atoms with van der Waals surface area (Å²) >= 11 is 5.95. The molecule has 3 aromatic rings. The standard InChI is InChI=1S/C19H14ClF3N4O2/c1-18(9-24,10-27-8-11-2-3-12(20)6-16(11)26-27)15-7-13(29-19(21,22)23)4-5-14(15)17(25)28/h2-8H,10H2,1H3,(H2,25,28). The van der Waals surface area contributed by atoms with Crippen molar-refractivity contribution >= 4 is 28.4 Å². The Morgan fingerprint density at radius 1 is 1.31 bits per heavy atom. The number of halogens is 4. The zero-order valence-electron chi connectivity index (χ0n) is 15.0. The monoisotopic (exact) mass is 422 g/mol. The molecule has 2 N–H and O–H groups in total. The molecule has 10 heteroatoms. The van der Waals surface area contributed by atoms with Gasteiger partial charge in [-0.15, -0.1) is 13.2 Å². The Balaban J connectivity index is 2.06. The molecule has 0 fully saturated rings. The van der Waals surface area contributed by atoms with Crippen molar-refractivity contribution in [2.24, 2.45) is 5.73 Å². The van der Waals surface area contributed by atoms with Crippen molar-refractivity contribution < 1.29 is 22.7 Å². The van der Waals surface area contributed by atoms with Gasteiger partial charge in [-0.05, 0) is 48.9 Å². The van der Waals surface area contributed by atoms with E-state index in [-0.39, 0.29) is 17.7 Å². The quantitative estimate of drug-likeness (QED) is 0.667. The van der Waals surface area contributed by atoms with Crippen LogP contribution in [0.1, 0.15) is 22.8 Å². The van der Waals surface area contributed by atoms with Crippen LogP contribution in [0.4, 0.5) is 13.2 Å². The van der Waals surface area contributed by atoms with Gasteiger partial charge >= 0.3 is 6.36 Å². The molecule has 0 saturated heterocycles. The van der Waals surface area contributed by atoms with Crippen LogP contribution < -0.4 is 10.5 Å². The molecule has 150 valence electrons. The van der Waals surface area contributed by atoms with Gasteiger partial charge < -0.3 is 10.5 Å². The summed E-state index contributed by atoms with van der Waals surface area (Å²) in [6, 6.07) is 10.2. The lowest BCUT2D eigenvalue weighted by Gasteiger charge is -2.25. The van der Waals surface area contributed by atoms with E-state index in [2.05, 4.69) is 15.9 Å². The Kier molecular flexibility index (Phi) is 5.15. The Morgan fingerprint density at radius 3 is 2.66 bits per heavy atom. The molecule has 6 nitrogen and oxygen atoms in total. The summed E-state index contributed by atoms with van der Waals surface area (Å²) in [6.07, 6.45) is -3.26. The first-order chi connectivity index (χ1) is 13.5. The molecule has 1 amide bonds. The average molecular weight is 423 g/mol. The Morgan fingerprint density at radius 2 is 2.03 bits per heavy atom. The second kappa shape index (κ2) is 7.29. The van der Waals surface area contributed by atoms with Gasteiger partial charge in [-0.2, -0.15) is 10.4 Å². The van der Waals surface area contributed by atoms with Gasteiger partial charge in [0.15, 0.2) is 0 Å². The maximum atomic E-state index is 12.6. The fraction of sp³-hybridized carbons (Fsp3) is 0.211. The van der Waals surface area contributed by atoms with Crippen LogP contribution in [0, 0.1) is 11.3 Å². The van der Waals surface area contributed by atoms with Crippen LogP contribution in [0.5, 0.6) is 5.75 Å². The molecular formula is C19H14ClF3N4O2. The van der Waals surface area contributed by atoms with Crippen LogP contribution in [0.15, 0.2) is 42.6 Å². The molecule has 0 aliphatic heterocycles. The largest absolute Gasteiger partial charge is 0.573 e.